The molecule has 1 aromatic carbocycles. The first-order chi connectivity index (χ1) is 8.98. The van der Waals surface area contributed by atoms with Crippen LogP contribution >= 0.6 is 11.6 Å². The number of alkyl halides is 1. The number of halogens is 1. The van der Waals surface area contributed by atoms with E-state index in [1.807, 2.05) is 0 Å². The lowest BCUT2D eigenvalue weighted by Crippen LogP contribution is -2.22. The van der Waals surface area contributed by atoms with E-state index in [2.05, 4.69) is 10.0 Å². The van der Waals surface area contributed by atoms with Crippen LogP contribution in [0.2, 0.25) is 0 Å². The molecule has 1 rings (SSSR count). The number of carbonyl (C=O) groups excluding carboxylic acids is 1. The Morgan fingerprint density at radius 3 is 2.63 bits per heavy atom. The lowest BCUT2D eigenvalue weighted by molar-refractivity contribution is -0.119. The van der Waals surface area contributed by atoms with E-state index in [1.54, 1.807) is 24.3 Å². The van der Waals surface area contributed by atoms with Crippen LogP contribution in [0.4, 0.5) is 5.69 Å². The van der Waals surface area contributed by atoms with Crippen molar-refractivity contribution in [1.29, 1.82) is 0 Å². The van der Waals surface area contributed by atoms with Gasteiger partial charge in [-0.05, 0) is 18.1 Å². The summed E-state index contributed by atoms with van der Waals surface area (Å²) < 4.78 is 26.1. The van der Waals surface area contributed by atoms with Gasteiger partial charge in [0.25, 0.3) is 0 Å². The normalized spacial score (nSPS) is 11.1. The minimum Gasteiger partial charge on any atom is -0.359 e. The molecular weight excluding hydrogens is 288 g/mol. The third-order valence-corrected chi connectivity index (χ3v) is 4.08. The number of rotatable bonds is 7. The van der Waals surface area contributed by atoms with E-state index in [-0.39, 0.29) is 18.1 Å². The Balaban J connectivity index is 2.86. The Hall–Kier alpha value is -1.27. The molecular formula is C12H17ClN2O3S. The van der Waals surface area contributed by atoms with Crippen LogP contribution < -0.4 is 10.0 Å². The number of carbonyl (C=O) groups is 1. The van der Waals surface area contributed by atoms with Crippen LogP contribution in [0.5, 0.6) is 0 Å². The molecule has 0 heterocycles. The quantitative estimate of drug-likeness (QED) is 0.747. The SMILES string of the molecule is CNC(=O)Cc1ccccc1NS(=O)(=O)CCCCl. The van der Waals surface area contributed by atoms with Gasteiger partial charge < -0.3 is 5.32 Å². The van der Waals surface area contributed by atoms with E-state index in [0.717, 1.165) is 0 Å². The Kier molecular flexibility index (Phi) is 6.11. The summed E-state index contributed by atoms with van der Waals surface area (Å²) in [5.74, 6) is 0.0819. The summed E-state index contributed by atoms with van der Waals surface area (Å²) in [6, 6.07) is 6.83. The summed E-state index contributed by atoms with van der Waals surface area (Å²) in [7, 11) is -1.89. The molecule has 0 spiro atoms. The van der Waals surface area contributed by atoms with Crippen molar-refractivity contribution >= 4 is 33.2 Å². The van der Waals surface area contributed by atoms with Gasteiger partial charge in [0.2, 0.25) is 15.9 Å². The molecule has 0 atom stereocenters. The highest BCUT2D eigenvalue weighted by Crippen LogP contribution is 2.17. The molecule has 0 aliphatic carbocycles. The van der Waals surface area contributed by atoms with Crippen molar-refractivity contribution in [1.82, 2.24) is 5.32 Å². The first-order valence-electron chi connectivity index (χ1n) is 5.83. The summed E-state index contributed by atoms with van der Waals surface area (Å²) in [5, 5.41) is 2.50. The van der Waals surface area contributed by atoms with E-state index in [9.17, 15) is 13.2 Å². The zero-order valence-electron chi connectivity index (χ0n) is 10.6. The second-order valence-electron chi connectivity index (χ2n) is 3.97. The van der Waals surface area contributed by atoms with E-state index in [0.29, 0.717) is 23.6 Å². The number of sulfonamides is 1. The predicted molar refractivity (Wildman–Crippen MR) is 77.0 cm³/mol. The van der Waals surface area contributed by atoms with Crippen LogP contribution in [-0.4, -0.2) is 33.0 Å². The maximum atomic E-state index is 11.8. The van der Waals surface area contributed by atoms with Crippen molar-refractivity contribution in [3.63, 3.8) is 0 Å². The monoisotopic (exact) mass is 304 g/mol. The molecule has 1 aromatic rings. The molecule has 7 heteroatoms. The lowest BCUT2D eigenvalue weighted by Gasteiger charge is -2.11. The standard InChI is InChI=1S/C12H17ClN2O3S/c1-14-12(16)9-10-5-2-3-6-11(10)15-19(17,18)8-4-7-13/h2-3,5-6,15H,4,7-9H2,1H3,(H,14,16). The molecule has 0 saturated heterocycles. The van der Waals surface area contributed by atoms with Crippen LogP contribution in [0.3, 0.4) is 0 Å². The topological polar surface area (TPSA) is 75.3 Å². The molecule has 0 fully saturated rings. The number of hydrogen-bond acceptors (Lipinski definition) is 3. The van der Waals surface area contributed by atoms with Gasteiger partial charge in [-0.3, -0.25) is 9.52 Å². The third kappa shape index (κ3) is 5.48. The number of para-hydroxylation sites is 1. The average Bonchev–Trinajstić information content (AvgIpc) is 2.38. The van der Waals surface area contributed by atoms with Gasteiger partial charge in [-0.15, -0.1) is 11.6 Å². The summed E-state index contributed by atoms with van der Waals surface area (Å²) in [6.07, 6.45) is 0.513. The molecule has 2 N–H and O–H groups in total. The highest BCUT2D eigenvalue weighted by molar-refractivity contribution is 7.92. The lowest BCUT2D eigenvalue weighted by atomic mass is 10.1. The zero-order valence-corrected chi connectivity index (χ0v) is 12.2. The number of benzene rings is 1. The van der Waals surface area contributed by atoms with Crippen LogP contribution in [0.15, 0.2) is 24.3 Å². The third-order valence-electron chi connectivity index (χ3n) is 2.46. The fourth-order valence-electron chi connectivity index (χ4n) is 1.50. The van der Waals surface area contributed by atoms with Gasteiger partial charge in [0.1, 0.15) is 0 Å². The molecule has 0 aromatic heterocycles. The highest BCUT2D eigenvalue weighted by Gasteiger charge is 2.13. The summed E-state index contributed by atoms with van der Waals surface area (Å²) in [4.78, 5) is 11.4. The van der Waals surface area contributed by atoms with E-state index >= 15 is 0 Å². The Morgan fingerprint density at radius 1 is 1.32 bits per heavy atom. The van der Waals surface area contributed by atoms with Gasteiger partial charge in [-0.1, -0.05) is 18.2 Å². The fourth-order valence-corrected chi connectivity index (χ4v) is 2.95. The van der Waals surface area contributed by atoms with Crippen molar-refractivity contribution < 1.29 is 13.2 Å². The molecule has 0 unspecified atom stereocenters. The highest BCUT2D eigenvalue weighted by atomic mass is 35.5. The molecule has 19 heavy (non-hydrogen) atoms. The van der Waals surface area contributed by atoms with Gasteiger partial charge in [0.05, 0.1) is 17.9 Å². The molecule has 0 radical (unpaired) electrons. The van der Waals surface area contributed by atoms with Crippen LogP contribution in [-0.2, 0) is 21.2 Å². The number of likely N-dealkylation sites (N-methyl/N-ethyl adjacent to an activating group) is 1. The first-order valence-corrected chi connectivity index (χ1v) is 8.02. The van der Waals surface area contributed by atoms with Crippen LogP contribution in [0.25, 0.3) is 0 Å². The molecule has 5 nitrogen and oxygen atoms in total. The maximum absolute atomic E-state index is 11.8. The average molecular weight is 305 g/mol. The fraction of sp³-hybridized carbons (Fsp3) is 0.417. The number of hydrogen-bond donors (Lipinski definition) is 2. The minimum absolute atomic E-state index is 0.0369. The molecule has 0 saturated carbocycles. The number of amides is 1. The first kappa shape index (κ1) is 15.8. The van der Waals surface area contributed by atoms with Crippen molar-refractivity contribution in [3.05, 3.63) is 29.8 Å². The molecule has 0 aliphatic rings. The second-order valence-corrected chi connectivity index (χ2v) is 6.19. The Bertz CT molecular complexity index is 532. The Morgan fingerprint density at radius 2 is 2.00 bits per heavy atom. The maximum Gasteiger partial charge on any atom is 0.232 e. The molecule has 0 bridgehead atoms. The van der Waals surface area contributed by atoms with Gasteiger partial charge >= 0.3 is 0 Å². The molecule has 106 valence electrons. The molecule has 1 amide bonds. The van der Waals surface area contributed by atoms with Crippen LogP contribution in [0.1, 0.15) is 12.0 Å². The summed E-state index contributed by atoms with van der Waals surface area (Å²) >= 11 is 5.48. The van der Waals surface area contributed by atoms with Gasteiger partial charge in [0.15, 0.2) is 0 Å². The van der Waals surface area contributed by atoms with E-state index in [4.69, 9.17) is 11.6 Å². The van der Waals surface area contributed by atoms with Crippen molar-refractivity contribution in [2.24, 2.45) is 0 Å². The second kappa shape index (κ2) is 7.35. The van der Waals surface area contributed by atoms with Crippen LogP contribution in [0, 0.1) is 0 Å². The van der Waals surface area contributed by atoms with E-state index < -0.39 is 10.0 Å². The van der Waals surface area contributed by atoms with Crippen molar-refractivity contribution in [3.8, 4) is 0 Å². The van der Waals surface area contributed by atoms with E-state index in [1.165, 1.54) is 7.05 Å². The van der Waals surface area contributed by atoms with Gasteiger partial charge in [0, 0.05) is 12.9 Å². The number of anilines is 1. The smallest absolute Gasteiger partial charge is 0.232 e. The van der Waals surface area contributed by atoms with Gasteiger partial charge in [-0.25, -0.2) is 8.42 Å². The minimum atomic E-state index is -3.43. The molecule has 0 aliphatic heterocycles. The largest absolute Gasteiger partial charge is 0.359 e. The van der Waals surface area contributed by atoms with Crippen molar-refractivity contribution in [2.45, 2.75) is 12.8 Å². The summed E-state index contributed by atoms with van der Waals surface area (Å²) in [5.41, 5.74) is 1.07. The summed E-state index contributed by atoms with van der Waals surface area (Å²) in [6.45, 7) is 0. The number of nitrogens with one attached hydrogen (secondary N) is 2. The van der Waals surface area contributed by atoms with Crippen molar-refractivity contribution in [2.75, 3.05) is 23.4 Å². The Labute approximate surface area is 118 Å². The zero-order chi connectivity index (χ0) is 14.3. The van der Waals surface area contributed by atoms with Gasteiger partial charge in [-0.2, -0.15) is 0 Å². The predicted octanol–water partition coefficient (Wildman–Crippen LogP) is 1.35.